The van der Waals surface area contributed by atoms with Crippen molar-refractivity contribution in [2.75, 3.05) is 7.11 Å². The number of hydrogen-bond donors (Lipinski definition) is 2. The topological polar surface area (TPSA) is 67.8 Å². The maximum absolute atomic E-state index is 11.0. The zero-order valence-electron chi connectivity index (χ0n) is 14.2. The lowest BCUT2D eigenvalue weighted by atomic mass is 9.86. The van der Waals surface area contributed by atoms with E-state index in [4.69, 9.17) is 14.6 Å². The average molecular weight is 321 g/mol. The van der Waals surface area contributed by atoms with Crippen molar-refractivity contribution in [3.8, 4) is 11.5 Å². The minimum Gasteiger partial charge on any atom is -0.493 e. The van der Waals surface area contributed by atoms with Crippen molar-refractivity contribution in [3.63, 3.8) is 0 Å². The molecule has 1 fully saturated rings. The molecule has 1 aromatic rings. The molecule has 1 saturated carbocycles. The van der Waals surface area contributed by atoms with E-state index in [1.165, 1.54) is 0 Å². The Labute approximate surface area is 138 Å². The molecular formula is C18H27NO4. The van der Waals surface area contributed by atoms with Gasteiger partial charge < -0.3 is 19.9 Å². The lowest BCUT2D eigenvalue weighted by Crippen LogP contribution is -2.34. The summed E-state index contributed by atoms with van der Waals surface area (Å²) >= 11 is 0. The summed E-state index contributed by atoms with van der Waals surface area (Å²) in [5.74, 6) is 0.692. The van der Waals surface area contributed by atoms with E-state index in [9.17, 15) is 4.79 Å². The molecule has 0 heterocycles. The first-order chi connectivity index (χ1) is 11.0. The summed E-state index contributed by atoms with van der Waals surface area (Å²) in [7, 11) is 1.65. The van der Waals surface area contributed by atoms with Gasteiger partial charge in [0.25, 0.3) is 0 Å². The molecule has 128 valence electrons. The van der Waals surface area contributed by atoms with Crippen LogP contribution in [0.25, 0.3) is 0 Å². The fourth-order valence-corrected chi connectivity index (χ4v) is 3.03. The van der Waals surface area contributed by atoms with Crippen molar-refractivity contribution >= 4 is 5.97 Å². The van der Waals surface area contributed by atoms with Crippen LogP contribution in [0.5, 0.6) is 11.5 Å². The SMILES string of the molecule is COc1cccc(CNC2CCC(C(=O)O)CC2)c1OC(C)C. The molecule has 1 aliphatic rings. The maximum Gasteiger partial charge on any atom is 0.306 e. The molecule has 2 rings (SSSR count). The first-order valence-corrected chi connectivity index (χ1v) is 8.30. The quantitative estimate of drug-likeness (QED) is 0.807. The second-order valence-electron chi connectivity index (χ2n) is 6.38. The van der Waals surface area contributed by atoms with Crippen molar-refractivity contribution in [2.45, 2.75) is 58.2 Å². The monoisotopic (exact) mass is 321 g/mol. The summed E-state index contributed by atoms with van der Waals surface area (Å²) in [6, 6.07) is 6.27. The van der Waals surface area contributed by atoms with E-state index in [-0.39, 0.29) is 12.0 Å². The summed E-state index contributed by atoms with van der Waals surface area (Å²) < 4.78 is 11.3. The van der Waals surface area contributed by atoms with Gasteiger partial charge in [0.1, 0.15) is 0 Å². The summed E-state index contributed by atoms with van der Waals surface area (Å²) in [5, 5.41) is 12.6. The number of nitrogens with one attached hydrogen (secondary N) is 1. The van der Waals surface area contributed by atoms with E-state index < -0.39 is 5.97 Å². The first kappa shape index (κ1) is 17.6. The van der Waals surface area contributed by atoms with Crippen molar-refractivity contribution in [1.82, 2.24) is 5.32 Å². The summed E-state index contributed by atoms with van der Waals surface area (Å²) in [6.07, 6.45) is 3.39. The largest absolute Gasteiger partial charge is 0.493 e. The van der Waals surface area contributed by atoms with Gasteiger partial charge >= 0.3 is 5.97 Å². The molecule has 2 N–H and O–H groups in total. The lowest BCUT2D eigenvalue weighted by Gasteiger charge is -2.27. The fraction of sp³-hybridized carbons (Fsp3) is 0.611. The maximum atomic E-state index is 11.0. The Morgan fingerprint density at radius 3 is 2.57 bits per heavy atom. The molecule has 0 bridgehead atoms. The normalized spacial score (nSPS) is 21.2. The summed E-state index contributed by atoms with van der Waals surface area (Å²) in [5.41, 5.74) is 1.07. The van der Waals surface area contributed by atoms with Gasteiger partial charge in [0.15, 0.2) is 11.5 Å². The summed E-state index contributed by atoms with van der Waals surface area (Å²) in [4.78, 5) is 11.0. The molecule has 0 aromatic heterocycles. The molecular weight excluding hydrogens is 294 g/mol. The van der Waals surface area contributed by atoms with Gasteiger partial charge in [0.2, 0.25) is 0 Å². The molecule has 0 radical (unpaired) electrons. The molecule has 5 nitrogen and oxygen atoms in total. The highest BCUT2D eigenvalue weighted by Gasteiger charge is 2.25. The number of aliphatic carboxylic acids is 1. The minimum atomic E-state index is -0.663. The van der Waals surface area contributed by atoms with Crippen LogP contribution < -0.4 is 14.8 Å². The molecule has 0 amide bonds. The molecule has 0 atom stereocenters. The van der Waals surface area contributed by atoms with Gasteiger partial charge in [-0.25, -0.2) is 0 Å². The number of rotatable bonds is 7. The van der Waals surface area contributed by atoms with Crippen LogP contribution >= 0.6 is 0 Å². The van der Waals surface area contributed by atoms with Gasteiger partial charge in [-0.15, -0.1) is 0 Å². The Hall–Kier alpha value is -1.75. The smallest absolute Gasteiger partial charge is 0.306 e. The van der Waals surface area contributed by atoms with Crippen molar-refractivity contribution in [3.05, 3.63) is 23.8 Å². The van der Waals surface area contributed by atoms with E-state index in [0.717, 1.165) is 42.7 Å². The van der Waals surface area contributed by atoms with Crippen LogP contribution in [0.3, 0.4) is 0 Å². The van der Waals surface area contributed by atoms with Crippen LogP contribution in [0, 0.1) is 5.92 Å². The molecule has 0 unspecified atom stereocenters. The Balaban J connectivity index is 1.96. The molecule has 0 saturated heterocycles. The Kier molecular flexibility index (Phi) is 6.28. The van der Waals surface area contributed by atoms with Crippen LogP contribution in [0.1, 0.15) is 45.1 Å². The van der Waals surface area contributed by atoms with Gasteiger partial charge in [-0.1, -0.05) is 12.1 Å². The Morgan fingerprint density at radius 2 is 2.00 bits per heavy atom. The van der Waals surface area contributed by atoms with E-state index in [1.807, 2.05) is 32.0 Å². The third-order valence-electron chi connectivity index (χ3n) is 4.29. The van der Waals surface area contributed by atoms with Crippen molar-refractivity contribution in [2.24, 2.45) is 5.92 Å². The molecule has 1 aliphatic carbocycles. The van der Waals surface area contributed by atoms with Gasteiger partial charge in [-0.2, -0.15) is 0 Å². The van der Waals surface area contributed by atoms with Gasteiger partial charge in [-0.3, -0.25) is 4.79 Å². The molecule has 5 heteroatoms. The average Bonchev–Trinajstić information content (AvgIpc) is 2.53. The van der Waals surface area contributed by atoms with Crippen molar-refractivity contribution in [1.29, 1.82) is 0 Å². The second-order valence-corrected chi connectivity index (χ2v) is 6.38. The van der Waals surface area contributed by atoms with Gasteiger partial charge in [-0.05, 0) is 45.6 Å². The molecule has 1 aromatic carbocycles. The van der Waals surface area contributed by atoms with Crippen molar-refractivity contribution < 1.29 is 19.4 Å². The Morgan fingerprint density at radius 1 is 1.30 bits per heavy atom. The molecule has 23 heavy (non-hydrogen) atoms. The van der Waals surface area contributed by atoms with E-state index >= 15 is 0 Å². The van der Waals surface area contributed by atoms with E-state index in [1.54, 1.807) is 7.11 Å². The predicted molar refractivity (Wildman–Crippen MR) is 89.0 cm³/mol. The number of carboxylic acid groups (broad SMARTS) is 1. The number of carboxylic acids is 1. The van der Waals surface area contributed by atoms with Crippen LogP contribution in [0.4, 0.5) is 0 Å². The van der Waals surface area contributed by atoms with Crippen LogP contribution in [0.15, 0.2) is 18.2 Å². The highest BCUT2D eigenvalue weighted by molar-refractivity contribution is 5.70. The Bertz CT molecular complexity index is 522. The third kappa shape index (κ3) is 4.86. The highest BCUT2D eigenvalue weighted by Crippen LogP contribution is 2.32. The standard InChI is InChI=1S/C18H27NO4/c1-12(2)23-17-14(5-4-6-16(17)22-3)11-19-15-9-7-13(8-10-15)18(20)21/h4-6,12-13,15,19H,7-11H2,1-3H3,(H,20,21). The van der Waals surface area contributed by atoms with Crippen LogP contribution in [-0.4, -0.2) is 30.3 Å². The number of methoxy groups -OCH3 is 1. The predicted octanol–water partition coefficient (Wildman–Crippen LogP) is 3.22. The zero-order chi connectivity index (χ0) is 16.8. The number of hydrogen-bond acceptors (Lipinski definition) is 4. The van der Waals surface area contributed by atoms with Crippen LogP contribution in [0.2, 0.25) is 0 Å². The summed E-state index contributed by atoms with van der Waals surface area (Å²) in [6.45, 7) is 4.69. The number of carbonyl (C=O) groups is 1. The zero-order valence-corrected chi connectivity index (χ0v) is 14.2. The van der Waals surface area contributed by atoms with E-state index in [2.05, 4.69) is 5.32 Å². The second kappa shape index (κ2) is 8.20. The van der Waals surface area contributed by atoms with E-state index in [0.29, 0.717) is 12.6 Å². The minimum absolute atomic E-state index is 0.0797. The number of ether oxygens (including phenoxy) is 2. The van der Waals surface area contributed by atoms with Gasteiger partial charge in [0.05, 0.1) is 19.1 Å². The molecule has 0 spiro atoms. The highest BCUT2D eigenvalue weighted by atomic mass is 16.5. The van der Waals surface area contributed by atoms with Crippen LogP contribution in [-0.2, 0) is 11.3 Å². The van der Waals surface area contributed by atoms with Gasteiger partial charge in [0, 0.05) is 18.2 Å². The lowest BCUT2D eigenvalue weighted by molar-refractivity contribution is -0.142. The first-order valence-electron chi connectivity index (χ1n) is 8.30. The molecule has 0 aliphatic heterocycles. The number of para-hydroxylation sites is 1. The fourth-order valence-electron chi connectivity index (χ4n) is 3.03. The number of benzene rings is 1. The third-order valence-corrected chi connectivity index (χ3v) is 4.29.